The molecule has 0 aromatic rings. The van der Waals surface area contributed by atoms with E-state index in [1.54, 1.807) is 0 Å². The molecule has 2 aliphatic rings. The molecule has 2 nitrogen and oxygen atoms in total. The van der Waals surface area contributed by atoms with Crippen molar-refractivity contribution in [1.82, 2.24) is 0 Å². The summed E-state index contributed by atoms with van der Waals surface area (Å²) in [5.74, 6) is 1.66. The largest absolute Gasteiger partial charge is 0.302 e. The molecule has 2 heteroatoms. The van der Waals surface area contributed by atoms with Crippen molar-refractivity contribution in [2.75, 3.05) is 0 Å². The van der Waals surface area contributed by atoms with Gasteiger partial charge in [-0.05, 0) is 37.5 Å². The van der Waals surface area contributed by atoms with Gasteiger partial charge in [0, 0.05) is 0 Å². The molecule has 0 aromatic carbocycles. The summed E-state index contributed by atoms with van der Waals surface area (Å²) in [5, 5.41) is 0. The van der Waals surface area contributed by atoms with Gasteiger partial charge in [0.25, 0.3) is 0 Å². The molecule has 2 saturated carbocycles. The predicted octanol–water partition coefficient (Wildman–Crippen LogP) is 2.75. The van der Waals surface area contributed by atoms with Gasteiger partial charge in [-0.25, -0.2) is 0 Å². The van der Waals surface area contributed by atoms with Gasteiger partial charge in [-0.15, -0.1) is 0 Å². The van der Waals surface area contributed by atoms with Gasteiger partial charge in [0.1, 0.15) is 12.6 Å². The predicted molar refractivity (Wildman–Crippen MR) is 58.5 cm³/mol. The fourth-order valence-corrected chi connectivity index (χ4v) is 3.28. The van der Waals surface area contributed by atoms with Gasteiger partial charge < -0.3 is 9.59 Å². The highest BCUT2D eigenvalue weighted by Gasteiger charge is 2.34. The van der Waals surface area contributed by atoms with Gasteiger partial charge >= 0.3 is 0 Å². The molecule has 0 aromatic heterocycles. The summed E-state index contributed by atoms with van der Waals surface area (Å²) < 4.78 is 0. The second kappa shape index (κ2) is 4.46. The fourth-order valence-electron chi connectivity index (χ4n) is 3.28. The normalized spacial score (nSPS) is 34.9. The van der Waals surface area contributed by atoms with E-state index in [-0.39, 0.29) is 0 Å². The lowest BCUT2D eigenvalue weighted by atomic mass is 9.79. The molecule has 0 radical (unpaired) electrons. The lowest BCUT2D eigenvalue weighted by molar-refractivity contribution is -0.127. The lowest BCUT2D eigenvalue weighted by Crippen LogP contribution is -2.25. The summed E-state index contributed by atoms with van der Waals surface area (Å²) in [6, 6.07) is 0. The first-order valence-corrected chi connectivity index (χ1v) is 6.21. The third-order valence-corrected chi connectivity index (χ3v) is 4.39. The minimum absolute atomic E-state index is 0.634. The highest BCUT2D eigenvalue weighted by atomic mass is 16.1. The summed E-state index contributed by atoms with van der Waals surface area (Å²) >= 11 is 0. The summed E-state index contributed by atoms with van der Waals surface area (Å²) in [7, 11) is 0. The van der Waals surface area contributed by atoms with Crippen molar-refractivity contribution in [3.8, 4) is 0 Å². The van der Waals surface area contributed by atoms with E-state index in [1.807, 2.05) is 0 Å². The number of carbonyl (C=O) groups is 2. The maximum Gasteiger partial charge on any atom is 0.133 e. The molecule has 2 atom stereocenters. The zero-order valence-electron chi connectivity index (χ0n) is 9.28. The Morgan fingerprint density at radius 1 is 0.867 bits per heavy atom. The van der Waals surface area contributed by atoms with Crippen LogP contribution < -0.4 is 0 Å². The Labute approximate surface area is 91.4 Å². The van der Waals surface area contributed by atoms with E-state index in [0.717, 1.165) is 50.1 Å². The Morgan fingerprint density at radius 2 is 1.53 bits per heavy atom. The number of carbonyl (C=O) groups excluding carboxylic acids is 2. The van der Waals surface area contributed by atoms with E-state index in [2.05, 4.69) is 0 Å². The van der Waals surface area contributed by atoms with Crippen molar-refractivity contribution in [3.63, 3.8) is 0 Å². The first-order chi connectivity index (χ1) is 7.28. The minimum atomic E-state index is -0.634. The highest BCUT2D eigenvalue weighted by Crippen LogP contribution is 2.41. The molecule has 0 heterocycles. The maximum absolute atomic E-state index is 11.1. The molecule has 2 rings (SSSR count). The molecule has 84 valence electrons. The van der Waals surface area contributed by atoms with Crippen LogP contribution in [0.4, 0.5) is 0 Å². The van der Waals surface area contributed by atoms with Gasteiger partial charge in [0.05, 0.1) is 5.41 Å². The standard InChI is InChI=1S/C13H20O2/c14-9-13(10-15)6-1-2-11-3-4-12(8-11)5-7-13/h9-12H,1-8H2. The smallest absolute Gasteiger partial charge is 0.133 e. The van der Waals surface area contributed by atoms with Crippen LogP contribution in [0.2, 0.25) is 0 Å². The zero-order valence-corrected chi connectivity index (χ0v) is 9.28. The van der Waals surface area contributed by atoms with E-state index in [0.29, 0.717) is 0 Å². The highest BCUT2D eigenvalue weighted by molar-refractivity contribution is 5.83. The van der Waals surface area contributed by atoms with Crippen LogP contribution in [0, 0.1) is 17.3 Å². The molecule has 0 saturated heterocycles. The molecule has 2 fully saturated rings. The average molecular weight is 208 g/mol. The van der Waals surface area contributed by atoms with Crippen molar-refractivity contribution >= 4 is 12.6 Å². The van der Waals surface area contributed by atoms with Crippen molar-refractivity contribution < 1.29 is 9.59 Å². The van der Waals surface area contributed by atoms with Crippen molar-refractivity contribution in [2.45, 2.75) is 51.4 Å². The molecular formula is C13H20O2. The van der Waals surface area contributed by atoms with Gasteiger partial charge in [-0.2, -0.15) is 0 Å². The van der Waals surface area contributed by atoms with Crippen LogP contribution in [0.5, 0.6) is 0 Å². The second-order valence-electron chi connectivity index (χ2n) is 5.44. The molecule has 2 aliphatic carbocycles. The Hall–Kier alpha value is -0.660. The lowest BCUT2D eigenvalue weighted by Gasteiger charge is -2.22. The molecule has 0 spiro atoms. The second-order valence-corrected chi connectivity index (χ2v) is 5.44. The Balaban J connectivity index is 2.05. The summed E-state index contributed by atoms with van der Waals surface area (Å²) in [6.45, 7) is 0. The summed E-state index contributed by atoms with van der Waals surface area (Å²) in [5.41, 5.74) is -0.634. The average Bonchev–Trinajstić information content (AvgIpc) is 2.74. The first-order valence-electron chi connectivity index (χ1n) is 6.21. The summed E-state index contributed by atoms with van der Waals surface area (Å²) in [6.07, 6.45) is 10.8. The zero-order chi connectivity index (χ0) is 10.7. The van der Waals surface area contributed by atoms with Crippen LogP contribution in [0.25, 0.3) is 0 Å². The van der Waals surface area contributed by atoms with Crippen LogP contribution in [0.1, 0.15) is 51.4 Å². The van der Waals surface area contributed by atoms with E-state index in [1.165, 1.54) is 25.7 Å². The van der Waals surface area contributed by atoms with Crippen LogP contribution in [-0.2, 0) is 9.59 Å². The number of aldehydes is 2. The molecule has 0 amide bonds. The van der Waals surface area contributed by atoms with Gasteiger partial charge in [-0.3, -0.25) is 0 Å². The fraction of sp³-hybridized carbons (Fsp3) is 0.846. The third-order valence-electron chi connectivity index (χ3n) is 4.39. The molecule has 15 heavy (non-hydrogen) atoms. The minimum Gasteiger partial charge on any atom is -0.302 e. The van der Waals surface area contributed by atoms with Crippen molar-refractivity contribution in [1.29, 1.82) is 0 Å². The van der Waals surface area contributed by atoms with Crippen LogP contribution in [0.3, 0.4) is 0 Å². The molecule has 2 bridgehead atoms. The Kier molecular flexibility index (Phi) is 3.22. The van der Waals surface area contributed by atoms with Gasteiger partial charge in [0.2, 0.25) is 0 Å². The Morgan fingerprint density at radius 3 is 2.20 bits per heavy atom. The van der Waals surface area contributed by atoms with Gasteiger partial charge in [-0.1, -0.05) is 25.7 Å². The molecular weight excluding hydrogens is 188 g/mol. The van der Waals surface area contributed by atoms with Crippen molar-refractivity contribution in [3.05, 3.63) is 0 Å². The van der Waals surface area contributed by atoms with Gasteiger partial charge in [0.15, 0.2) is 0 Å². The number of hydrogen-bond acceptors (Lipinski definition) is 2. The monoisotopic (exact) mass is 208 g/mol. The third kappa shape index (κ3) is 2.30. The van der Waals surface area contributed by atoms with E-state index < -0.39 is 5.41 Å². The van der Waals surface area contributed by atoms with E-state index in [9.17, 15) is 9.59 Å². The SMILES string of the molecule is O=CC1(C=O)CCCC2CCC(CC1)C2. The quantitative estimate of drug-likeness (QED) is 0.516. The van der Waals surface area contributed by atoms with E-state index in [4.69, 9.17) is 0 Å². The van der Waals surface area contributed by atoms with Crippen LogP contribution in [0.15, 0.2) is 0 Å². The molecule has 0 aliphatic heterocycles. The maximum atomic E-state index is 11.1. The van der Waals surface area contributed by atoms with Crippen LogP contribution in [-0.4, -0.2) is 12.6 Å². The Bertz CT molecular complexity index is 239. The van der Waals surface area contributed by atoms with Crippen molar-refractivity contribution in [2.24, 2.45) is 17.3 Å². The van der Waals surface area contributed by atoms with E-state index >= 15 is 0 Å². The number of fused-ring (bicyclic) bond motifs is 2. The number of hydrogen-bond donors (Lipinski definition) is 0. The number of rotatable bonds is 2. The topological polar surface area (TPSA) is 34.1 Å². The van der Waals surface area contributed by atoms with Crippen LogP contribution >= 0.6 is 0 Å². The first kappa shape index (κ1) is 10.8. The summed E-state index contributed by atoms with van der Waals surface area (Å²) in [4.78, 5) is 22.1. The molecule has 2 unspecified atom stereocenters. The molecule has 0 N–H and O–H groups in total.